The van der Waals surface area contributed by atoms with Gasteiger partial charge in [0.2, 0.25) is 0 Å². The number of rotatable bonds is 3. The Balaban J connectivity index is 2.95. The molecule has 1 aromatic heterocycles. The van der Waals surface area contributed by atoms with Gasteiger partial charge < -0.3 is 16.5 Å². The summed E-state index contributed by atoms with van der Waals surface area (Å²) < 4.78 is 1.90. The number of carbonyl (C=O) groups is 2. The van der Waals surface area contributed by atoms with Crippen molar-refractivity contribution in [2.75, 3.05) is 0 Å². The molecular weight excluding hydrogens is 599 g/mol. The smallest absolute Gasteiger partial charge is 0.250 e. The van der Waals surface area contributed by atoms with E-state index in [9.17, 15) is 9.59 Å². The van der Waals surface area contributed by atoms with E-state index in [0.29, 0.717) is 21.8 Å². The molecular formula is C12H8I3N3O2. The molecule has 0 saturated carbocycles. The third-order valence-electron chi connectivity index (χ3n) is 2.68. The highest BCUT2D eigenvalue weighted by atomic mass is 127. The Morgan fingerprint density at radius 2 is 1.45 bits per heavy atom. The summed E-state index contributed by atoms with van der Waals surface area (Å²) in [7, 11) is 0. The lowest BCUT2D eigenvalue weighted by Gasteiger charge is -2.15. The Labute approximate surface area is 155 Å². The standard InChI is InChI=1S/C12H8I3N3O2/c13-8-5(4-2-1-3-18-4)9(14)7(12(17)20)10(15)6(8)11(16)19/h1-3,18H,(H2,16,19)(H2,17,20). The molecule has 5 nitrogen and oxygen atoms in total. The van der Waals surface area contributed by atoms with Crippen molar-refractivity contribution in [1.29, 1.82) is 0 Å². The fraction of sp³-hybridized carbons (Fsp3) is 0. The number of halogens is 3. The van der Waals surface area contributed by atoms with E-state index in [1.165, 1.54) is 0 Å². The van der Waals surface area contributed by atoms with Gasteiger partial charge in [-0.1, -0.05) is 0 Å². The number of primary amides is 2. The van der Waals surface area contributed by atoms with Gasteiger partial charge in [-0.3, -0.25) is 9.59 Å². The molecule has 0 aliphatic heterocycles. The van der Waals surface area contributed by atoms with Crippen LogP contribution in [0.4, 0.5) is 0 Å². The van der Waals surface area contributed by atoms with Crippen molar-refractivity contribution < 1.29 is 9.59 Å². The molecule has 1 aromatic carbocycles. The van der Waals surface area contributed by atoms with Crippen LogP contribution in [0.2, 0.25) is 0 Å². The third-order valence-corrected chi connectivity index (χ3v) is 5.91. The van der Waals surface area contributed by atoms with Gasteiger partial charge in [0.25, 0.3) is 11.8 Å². The summed E-state index contributed by atoms with van der Waals surface area (Å²) in [6, 6.07) is 3.70. The highest BCUT2D eigenvalue weighted by Gasteiger charge is 2.26. The van der Waals surface area contributed by atoms with E-state index in [-0.39, 0.29) is 0 Å². The minimum absolute atomic E-state index is 0.324. The Kier molecular flexibility index (Phi) is 4.94. The summed E-state index contributed by atoms with van der Waals surface area (Å²) in [5, 5.41) is 0. The Morgan fingerprint density at radius 3 is 1.80 bits per heavy atom. The second kappa shape index (κ2) is 6.17. The summed E-state index contributed by atoms with van der Waals surface area (Å²) in [6.07, 6.45) is 1.77. The van der Waals surface area contributed by atoms with Crippen LogP contribution < -0.4 is 11.5 Å². The van der Waals surface area contributed by atoms with Gasteiger partial charge >= 0.3 is 0 Å². The first kappa shape index (κ1) is 16.0. The number of aromatic nitrogens is 1. The largest absolute Gasteiger partial charge is 0.366 e. The number of aromatic amines is 1. The molecule has 0 aliphatic rings. The molecule has 0 fully saturated rings. The van der Waals surface area contributed by atoms with E-state index >= 15 is 0 Å². The van der Waals surface area contributed by atoms with Crippen molar-refractivity contribution in [3.63, 3.8) is 0 Å². The van der Waals surface area contributed by atoms with Crippen LogP contribution in [0.25, 0.3) is 11.3 Å². The molecule has 0 atom stereocenters. The van der Waals surface area contributed by atoms with Gasteiger partial charge in [-0.05, 0) is 79.9 Å². The minimum Gasteiger partial charge on any atom is -0.366 e. The maximum atomic E-state index is 11.7. The number of hydrogen-bond acceptors (Lipinski definition) is 2. The molecule has 1 heterocycles. The maximum Gasteiger partial charge on any atom is 0.250 e. The van der Waals surface area contributed by atoms with E-state index < -0.39 is 11.8 Å². The topological polar surface area (TPSA) is 102 Å². The Morgan fingerprint density at radius 1 is 0.950 bits per heavy atom. The van der Waals surface area contributed by atoms with Crippen LogP contribution in [0.15, 0.2) is 18.3 Å². The number of hydrogen-bond donors (Lipinski definition) is 3. The van der Waals surface area contributed by atoms with Gasteiger partial charge in [0.05, 0.1) is 11.1 Å². The molecule has 8 heteroatoms. The van der Waals surface area contributed by atoms with Crippen molar-refractivity contribution in [1.82, 2.24) is 4.98 Å². The lowest BCUT2D eigenvalue weighted by atomic mass is 10.0. The molecule has 0 spiro atoms. The number of carbonyl (C=O) groups excluding carboxylic acids is 2. The minimum atomic E-state index is -0.578. The van der Waals surface area contributed by atoms with Crippen LogP contribution in [0.3, 0.4) is 0 Å². The van der Waals surface area contributed by atoms with E-state index in [2.05, 4.69) is 50.2 Å². The first-order valence-corrected chi connectivity index (χ1v) is 8.53. The second-order valence-corrected chi connectivity index (χ2v) is 7.12. The van der Waals surface area contributed by atoms with Crippen LogP contribution in [0.1, 0.15) is 20.7 Å². The fourth-order valence-corrected chi connectivity index (χ4v) is 6.63. The molecule has 104 valence electrons. The van der Waals surface area contributed by atoms with E-state index in [0.717, 1.165) is 11.3 Å². The highest BCUT2D eigenvalue weighted by molar-refractivity contribution is 14.1. The highest BCUT2D eigenvalue weighted by Crippen LogP contribution is 2.37. The summed E-state index contributed by atoms with van der Waals surface area (Å²) >= 11 is 6.07. The molecule has 2 amide bonds. The van der Waals surface area contributed by atoms with Crippen LogP contribution in [-0.4, -0.2) is 16.8 Å². The van der Waals surface area contributed by atoms with Crippen LogP contribution in [-0.2, 0) is 0 Å². The normalized spacial score (nSPS) is 10.6. The summed E-state index contributed by atoms with van der Waals surface area (Å²) in [6.45, 7) is 0. The predicted octanol–water partition coefficient (Wildman–Crippen LogP) is 2.69. The van der Waals surface area contributed by atoms with Crippen LogP contribution in [0.5, 0.6) is 0 Å². The van der Waals surface area contributed by atoms with Crippen LogP contribution >= 0.6 is 67.8 Å². The average molecular weight is 607 g/mol. The van der Waals surface area contributed by atoms with Crippen molar-refractivity contribution in [2.45, 2.75) is 0 Å². The van der Waals surface area contributed by atoms with Gasteiger partial charge in [-0.2, -0.15) is 0 Å². The lowest BCUT2D eigenvalue weighted by Crippen LogP contribution is -2.22. The third kappa shape index (κ3) is 2.68. The van der Waals surface area contributed by atoms with Crippen molar-refractivity contribution in [2.24, 2.45) is 11.5 Å². The van der Waals surface area contributed by atoms with Gasteiger partial charge in [0.1, 0.15) is 0 Å². The lowest BCUT2D eigenvalue weighted by molar-refractivity contribution is 0.0998. The zero-order valence-corrected chi connectivity index (χ0v) is 16.3. The van der Waals surface area contributed by atoms with E-state index in [1.54, 1.807) is 6.20 Å². The summed E-state index contributed by atoms with van der Waals surface area (Å²) in [5.74, 6) is -1.16. The fourth-order valence-electron chi connectivity index (χ4n) is 1.82. The van der Waals surface area contributed by atoms with E-state index in [4.69, 9.17) is 11.5 Å². The molecule has 5 N–H and O–H groups in total. The summed E-state index contributed by atoms with van der Waals surface area (Å²) in [4.78, 5) is 26.5. The second-order valence-electron chi connectivity index (χ2n) is 3.88. The Bertz CT molecular complexity index is 670. The van der Waals surface area contributed by atoms with Crippen molar-refractivity contribution >= 4 is 79.6 Å². The molecule has 2 aromatic rings. The molecule has 0 saturated heterocycles. The number of nitrogens with one attached hydrogen (secondary N) is 1. The number of amides is 2. The van der Waals surface area contributed by atoms with Gasteiger partial charge in [-0.25, -0.2) is 0 Å². The molecule has 0 bridgehead atoms. The number of nitrogens with two attached hydrogens (primary N) is 2. The number of benzene rings is 1. The molecule has 2 rings (SSSR count). The van der Waals surface area contributed by atoms with Crippen molar-refractivity contribution in [3.8, 4) is 11.3 Å². The monoisotopic (exact) mass is 607 g/mol. The zero-order valence-electron chi connectivity index (χ0n) is 9.84. The SMILES string of the molecule is NC(=O)c1c(I)c(C(N)=O)c(I)c(-c2ccc[nH]2)c1I. The van der Waals surface area contributed by atoms with Gasteiger partial charge in [0, 0.05) is 28.2 Å². The summed E-state index contributed by atoms with van der Waals surface area (Å²) in [5.41, 5.74) is 13.1. The first-order chi connectivity index (χ1) is 9.36. The van der Waals surface area contributed by atoms with Crippen molar-refractivity contribution in [3.05, 3.63) is 40.2 Å². The molecule has 20 heavy (non-hydrogen) atoms. The quantitative estimate of drug-likeness (QED) is 0.468. The van der Waals surface area contributed by atoms with Gasteiger partial charge in [-0.15, -0.1) is 0 Å². The maximum absolute atomic E-state index is 11.7. The van der Waals surface area contributed by atoms with E-state index in [1.807, 2.05) is 34.7 Å². The number of H-pyrrole nitrogens is 1. The predicted molar refractivity (Wildman–Crippen MR) is 101 cm³/mol. The molecule has 0 aliphatic carbocycles. The van der Waals surface area contributed by atoms with Gasteiger partial charge in [0.15, 0.2) is 0 Å². The molecule has 0 radical (unpaired) electrons. The molecule has 0 unspecified atom stereocenters. The Hall–Kier alpha value is -0.370. The first-order valence-electron chi connectivity index (χ1n) is 5.30. The van der Waals surface area contributed by atoms with Crippen LogP contribution in [0, 0.1) is 10.7 Å². The zero-order chi connectivity index (χ0) is 15.0. The average Bonchev–Trinajstić information content (AvgIpc) is 2.80.